The molecule has 21 heavy (non-hydrogen) atoms. The number of hydrogen-bond donors (Lipinski definition) is 2. The molecule has 0 aliphatic rings. The number of fused-ring (bicyclic) bond motifs is 1. The third-order valence-electron chi connectivity index (χ3n) is 3.03. The van der Waals surface area contributed by atoms with Crippen molar-refractivity contribution in [3.63, 3.8) is 0 Å². The maximum Gasteiger partial charge on any atom is 0.339 e. The highest BCUT2D eigenvalue weighted by Crippen LogP contribution is 2.28. The summed E-state index contributed by atoms with van der Waals surface area (Å²) in [6, 6.07) is 13.8. The molecule has 0 bridgehead atoms. The average molecular weight is 280 g/mol. The van der Waals surface area contributed by atoms with Gasteiger partial charge in [0.25, 0.3) is 0 Å². The highest BCUT2D eigenvalue weighted by molar-refractivity contribution is 5.91. The van der Waals surface area contributed by atoms with Crippen LogP contribution in [0.25, 0.3) is 10.9 Å². The highest BCUT2D eigenvalue weighted by Gasteiger charge is 2.12. The van der Waals surface area contributed by atoms with E-state index < -0.39 is 5.97 Å². The number of nitrogen functional groups attached to an aromatic ring is 1. The van der Waals surface area contributed by atoms with Crippen LogP contribution >= 0.6 is 0 Å². The lowest BCUT2D eigenvalue weighted by Gasteiger charge is -2.10. The van der Waals surface area contributed by atoms with Gasteiger partial charge in [-0.25, -0.2) is 4.79 Å². The number of nitrogens with zero attached hydrogens (tertiary/aromatic N) is 1. The second kappa shape index (κ2) is 5.13. The van der Waals surface area contributed by atoms with Gasteiger partial charge in [0.1, 0.15) is 17.1 Å². The van der Waals surface area contributed by atoms with Gasteiger partial charge in [-0.2, -0.15) is 0 Å². The number of hydrogen-bond acceptors (Lipinski definition) is 4. The Morgan fingerprint density at radius 2 is 1.95 bits per heavy atom. The Balaban J connectivity index is 2.02. The van der Waals surface area contributed by atoms with Crippen LogP contribution in [-0.2, 0) is 0 Å². The minimum atomic E-state index is -1.07. The Labute approximate surface area is 120 Å². The summed E-state index contributed by atoms with van der Waals surface area (Å²) in [5.41, 5.74) is 7.01. The van der Waals surface area contributed by atoms with Crippen LogP contribution in [0, 0.1) is 0 Å². The van der Waals surface area contributed by atoms with Gasteiger partial charge in [0.15, 0.2) is 0 Å². The van der Waals surface area contributed by atoms with Crippen LogP contribution in [0.3, 0.4) is 0 Å². The molecular weight excluding hydrogens is 268 g/mol. The van der Waals surface area contributed by atoms with Gasteiger partial charge in [0.2, 0.25) is 0 Å². The van der Waals surface area contributed by atoms with Crippen LogP contribution < -0.4 is 10.5 Å². The molecule has 0 amide bonds. The molecule has 0 unspecified atom stereocenters. The number of para-hydroxylation sites is 1. The second-order valence-corrected chi connectivity index (χ2v) is 4.53. The summed E-state index contributed by atoms with van der Waals surface area (Å²) in [7, 11) is 0. The molecule has 0 radical (unpaired) electrons. The second-order valence-electron chi connectivity index (χ2n) is 4.53. The Morgan fingerprint density at radius 3 is 2.76 bits per heavy atom. The maximum atomic E-state index is 11.2. The number of anilines is 1. The standard InChI is InChI=1S/C16H12N2O3/c17-11-5-6-13(16(19)20)15(8-11)21-12-7-10-3-1-2-4-14(10)18-9-12/h1-9H,17H2,(H,19,20). The number of rotatable bonds is 3. The summed E-state index contributed by atoms with van der Waals surface area (Å²) in [5, 5.41) is 10.1. The van der Waals surface area contributed by atoms with Crippen molar-refractivity contribution < 1.29 is 14.6 Å². The molecule has 0 fully saturated rings. The molecule has 3 aromatic rings. The number of aromatic nitrogens is 1. The SMILES string of the molecule is Nc1ccc(C(=O)O)c(Oc2cnc3ccccc3c2)c1. The predicted octanol–water partition coefficient (Wildman–Crippen LogP) is 3.31. The number of carboxylic acid groups (broad SMARTS) is 1. The molecule has 0 aliphatic carbocycles. The highest BCUT2D eigenvalue weighted by atomic mass is 16.5. The molecule has 3 N–H and O–H groups in total. The number of aromatic carboxylic acids is 1. The van der Waals surface area contributed by atoms with Crippen molar-refractivity contribution in [1.29, 1.82) is 0 Å². The number of benzene rings is 2. The van der Waals surface area contributed by atoms with Gasteiger partial charge >= 0.3 is 5.97 Å². The monoisotopic (exact) mass is 280 g/mol. The maximum absolute atomic E-state index is 11.2. The van der Waals surface area contributed by atoms with E-state index in [9.17, 15) is 4.79 Å². The minimum Gasteiger partial charge on any atom is -0.478 e. The van der Waals surface area contributed by atoms with Gasteiger partial charge in [-0.15, -0.1) is 0 Å². The third-order valence-corrected chi connectivity index (χ3v) is 3.03. The first-order chi connectivity index (χ1) is 10.1. The third kappa shape index (κ3) is 2.62. The van der Waals surface area contributed by atoms with Crippen LogP contribution in [0.5, 0.6) is 11.5 Å². The first kappa shape index (κ1) is 12.9. The van der Waals surface area contributed by atoms with Gasteiger partial charge in [0.05, 0.1) is 11.7 Å². The fourth-order valence-electron chi connectivity index (χ4n) is 2.03. The van der Waals surface area contributed by atoms with Crippen LogP contribution in [0.2, 0.25) is 0 Å². The van der Waals surface area contributed by atoms with E-state index in [1.54, 1.807) is 12.3 Å². The molecule has 1 aromatic heterocycles. The van der Waals surface area contributed by atoms with E-state index in [2.05, 4.69) is 4.98 Å². The van der Waals surface area contributed by atoms with Crippen LogP contribution in [-0.4, -0.2) is 16.1 Å². The molecule has 0 saturated carbocycles. The fraction of sp³-hybridized carbons (Fsp3) is 0. The lowest BCUT2D eigenvalue weighted by Crippen LogP contribution is -2.01. The smallest absolute Gasteiger partial charge is 0.339 e. The van der Waals surface area contributed by atoms with Crippen molar-refractivity contribution in [3.8, 4) is 11.5 Å². The van der Waals surface area contributed by atoms with E-state index in [4.69, 9.17) is 15.6 Å². The Morgan fingerprint density at radius 1 is 1.14 bits per heavy atom. The Kier molecular flexibility index (Phi) is 3.16. The largest absolute Gasteiger partial charge is 0.478 e. The topological polar surface area (TPSA) is 85.4 Å². The molecule has 0 saturated heterocycles. The normalized spacial score (nSPS) is 10.5. The van der Waals surface area contributed by atoms with Crippen molar-refractivity contribution in [2.75, 3.05) is 5.73 Å². The van der Waals surface area contributed by atoms with Crippen LogP contribution in [0.4, 0.5) is 5.69 Å². The molecule has 104 valence electrons. The van der Waals surface area contributed by atoms with Gasteiger partial charge in [-0.05, 0) is 24.3 Å². The molecular formula is C16H12N2O3. The van der Waals surface area contributed by atoms with Crippen molar-refractivity contribution >= 4 is 22.6 Å². The van der Waals surface area contributed by atoms with E-state index in [1.165, 1.54) is 18.2 Å². The van der Waals surface area contributed by atoms with Gasteiger partial charge in [0, 0.05) is 17.1 Å². The fourth-order valence-corrected chi connectivity index (χ4v) is 2.03. The summed E-state index contributed by atoms with van der Waals surface area (Å²) in [4.78, 5) is 15.5. The molecule has 3 rings (SSSR count). The van der Waals surface area contributed by atoms with Gasteiger partial charge in [-0.1, -0.05) is 18.2 Å². The molecule has 0 aliphatic heterocycles. The number of carbonyl (C=O) groups is 1. The molecule has 2 aromatic carbocycles. The Hall–Kier alpha value is -3.08. The zero-order chi connectivity index (χ0) is 14.8. The Bertz CT molecular complexity index is 831. The number of carboxylic acids is 1. The first-order valence-electron chi connectivity index (χ1n) is 6.29. The van der Waals surface area contributed by atoms with Crippen molar-refractivity contribution in [1.82, 2.24) is 4.98 Å². The predicted molar refractivity (Wildman–Crippen MR) is 79.6 cm³/mol. The summed E-state index contributed by atoms with van der Waals surface area (Å²) in [6.45, 7) is 0. The van der Waals surface area contributed by atoms with Crippen molar-refractivity contribution in [2.45, 2.75) is 0 Å². The molecule has 1 heterocycles. The van der Waals surface area contributed by atoms with Gasteiger partial charge < -0.3 is 15.6 Å². The first-order valence-corrected chi connectivity index (χ1v) is 6.29. The lowest BCUT2D eigenvalue weighted by molar-refractivity contribution is 0.0694. The molecule has 0 atom stereocenters. The minimum absolute atomic E-state index is 0.0531. The van der Waals surface area contributed by atoms with E-state index in [0.717, 1.165) is 10.9 Å². The lowest BCUT2D eigenvalue weighted by atomic mass is 10.2. The van der Waals surface area contributed by atoms with E-state index in [-0.39, 0.29) is 11.3 Å². The van der Waals surface area contributed by atoms with E-state index in [0.29, 0.717) is 11.4 Å². The number of nitrogens with two attached hydrogens (primary N) is 1. The quantitative estimate of drug-likeness (QED) is 0.719. The number of ether oxygens (including phenoxy) is 1. The molecule has 5 nitrogen and oxygen atoms in total. The van der Waals surface area contributed by atoms with Crippen LogP contribution in [0.15, 0.2) is 54.7 Å². The van der Waals surface area contributed by atoms with E-state index in [1.807, 2.05) is 24.3 Å². The summed E-state index contributed by atoms with van der Waals surface area (Å²) in [5.74, 6) is -0.417. The molecule has 5 heteroatoms. The summed E-state index contributed by atoms with van der Waals surface area (Å²) >= 11 is 0. The number of pyridine rings is 1. The van der Waals surface area contributed by atoms with Crippen LogP contribution in [0.1, 0.15) is 10.4 Å². The average Bonchev–Trinajstić information content (AvgIpc) is 2.47. The zero-order valence-electron chi connectivity index (χ0n) is 11.0. The van der Waals surface area contributed by atoms with Crippen molar-refractivity contribution in [2.24, 2.45) is 0 Å². The summed E-state index contributed by atoms with van der Waals surface area (Å²) in [6.07, 6.45) is 1.55. The molecule has 0 spiro atoms. The van der Waals surface area contributed by atoms with Crippen molar-refractivity contribution in [3.05, 3.63) is 60.3 Å². The van der Waals surface area contributed by atoms with E-state index >= 15 is 0 Å². The van der Waals surface area contributed by atoms with Gasteiger partial charge in [-0.3, -0.25) is 4.98 Å². The zero-order valence-corrected chi connectivity index (χ0v) is 11.0. The summed E-state index contributed by atoms with van der Waals surface area (Å²) < 4.78 is 5.64.